The number of nitrogens with one attached hydrogen (secondary N) is 1. The van der Waals surface area contributed by atoms with Crippen molar-refractivity contribution in [2.75, 3.05) is 33.9 Å². The first-order valence-corrected chi connectivity index (χ1v) is 11.0. The number of piperidine rings is 1. The molecule has 0 atom stereocenters. The Bertz CT molecular complexity index is 883. The van der Waals surface area contributed by atoms with Crippen LogP contribution in [0.1, 0.15) is 41.6 Å². The van der Waals surface area contributed by atoms with Crippen LogP contribution in [0.3, 0.4) is 0 Å². The molecular formula is C25H32N2O5. The first-order chi connectivity index (χ1) is 15.5. The molecule has 2 aromatic carbocycles. The van der Waals surface area contributed by atoms with Crippen molar-refractivity contribution < 1.29 is 23.8 Å². The smallest absolute Gasteiger partial charge is 0.259 e. The monoisotopic (exact) mass is 440 g/mol. The van der Waals surface area contributed by atoms with Crippen LogP contribution < -0.4 is 19.5 Å². The Morgan fingerprint density at radius 3 is 2.22 bits per heavy atom. The zero-order chi connectivity index (χ0) is 22.9. The second-order valence-electron chi connectivity index (χ2n) is 7.93. The summed E-state index contributed by atoms with van der Waals surface area (Å²) in [4.78, 5) is 27.2. The number of hydrogen-bond donors (Lipinski definition) is 1. The molecule has 0 aliphatic carbocycles. The van der Waals surface area contributed by atoms with Crippen molar-refractivity contribution in [2.45, 2.75) is 38.6 Å². The molecule has 2 amide bonds. The van der Waals surface area contributed by atoms with Crippen LogP contribution in [0.25, 0.3) is 0 Å². The second-order valence-corrected chi connectivity index (χ2v) is 7.93. The van der Waals surface area contributed by atoms with Crippen LogP contribution in [0.15, 0.2) is 42.5 Å². The van der Waals surface area contributed by atoms with Gasteiger partial charge in [-0.2, -0.15) is 0 Å². The average Bonchev–Trinajstić information content (AvgIpc) is 2.82. The summed E-state index contributed by atoms with van der Waals surface area (Å²) in [5, 5.41) is 3.06. The molecule has 1 N–H and O–H groups in total. The maximum absolute atomic E-state index is 12.8. The van der Waals surface area contributed by atoms with E-state index in [0.29, 0.717) is 49.6 Å². The van der Waals surface area contributed by atoms with E-state index < -0.39 is 0 Å². The van der Waals surface area contributed by atoms with Gasteiger partial charge >= 0.3 is 0 Å². The van der Waals surface area contributed by atoms with Crippen LogP contribution in [-0.4, -0.2) is 56.7 Å². The number of amides is 2. The van der Waals surface area contributed by atoms with E-state index in [2.05, 4.69) is 5.32 Å². The first-order valence-electron chi connectivity index (χ1n) is 11.0. The SMILES string of the molecule is COc1cccc(OC)c1C(=O)NC1CCN(C(=O)CCCOc2ccc(C)cc2)CC1. The fraction of sp³-hybridized carbons (Fsp3) is 0.440. The molecule has 1 saturated heterocycles. The van der Waals surface area contributed by atoms with E-state index in [9.17, 15) is 9.59 Å². The Kier molecular flexibility index (Phi) is 8.36. The van der Waals surface area contributed by atoms with Crippen molar-refractivity contribution in [1.29, 1.82) is 0 Å². The van der Waals surface area contributed by atoms with Gasteiger partial charge in [-0.1, -0.05) is 23.8 Å². The summed E-state index contributed by atoms with van der Waals surface area (Å²) in [5.41, 5.74) is 1.58. The molecule has 1 aliphatic heterocycles. The highest BCUT2D eigenvalue weighted by molar-refractivity contribution is 5.99. The molecule has 0 unspecified atom stereocenters. The lowest BCUT2D eigenvalue weighted by atomic mass is 10.0. The third-order valence-corrected chi connectivity index (χ3v) is 5.66. The van der Waals surface area contributed by atoms with Crippen LogP contribution in [0.5, 0.6) is 17.2 Å². The molecule has 7 nitrogen and oxygen atoms in total. The Hall–Kier alpha value is -3.22. The summed E-state index contributed by atoms with van der Waals surface area (Å²) in [6.07, 6.45) is 2.57. The van der Waals surface area contributed by atoms with E-state index in [1.807, 2.05) is 36.1 Å². The van der Waals surface area contributed by atoms with Gasteiger partial charge in [0.15, 0.2) is 0 Å². The lowest BCUT2D eigenvalue weighted by molar-refractivity contribution is -0.132. The normalized spacial score (nSPS) is 14.0. The van der Waals surface area contributed by atoms with Crippen molar-refractivity contribution in [1.82, 2.24) is 10.2 Å². The van der Waals surface area contributed by atoms with Gasteiger partial charge < -0.3 is 24.4 Å². The molecule has 172 valence electrons. The van der Waals surface area contributed by atoms with E-state index in [-0.39, 0.29) is 17.9 Å². The molecule has 0 aromatic heterocycles. The predicted molar refractivity (Wildman–Crippen MR) is 123 cm³/mol. The highest BCUT2D eigenvalue weighted by Crippen LogP contribution is 2.28. The number of likely N-dealkylation sites (tertiary alicyclic amines) is 1. The van der Waals surface area contributed by atoms with Crippen molar-refractivity contribution in [3.8, 4) is 17.2 Å². The van der Waals surface area contributed by atoms with Crippen molar-refractivity contribution >= 4 is 11.8 Å². The van der Waals surface area contributed by atoms with Gasteiger partial charge in [0.05, 0.1) is 20.8 Å². The Morgan fingerprint density at radius 1 is 1.00 bits per heavy atom. The van der Waals surface area contributed by atoms with Crippen LogP contribution in [-0.2, 0) is 4.79 Å². The summed E-state index contributed by atoms with van der Waals surface area (Å²) in [6.45, 7) is 3.81. The van der Waals surface area contributed by atoms with Gasteiger partial charge in [0.1, 0.15) is 22.8 Å². The van der Waals surface area contributed by atoms with E-state index in [4.69, 9.17) is 14.2 Å². The van der Waals surface area contributed by atoms with Gasteiger partial charge in [0.25, 0.3) is 5.91 Å². The van der Waals surface area contributed by atoms with E-state index in [1.165, 1.54) is 19.8 Å². The number of ether oxygens (including phenoxy) is 3. The number of carbonyl (C=O) groups is 2. The van der Waals surface area contributed by atoms with E-state index in [1.54, 1.807) is 18.2 Å². The molecule has 1 aliphatic rings. The highest BCUT2D eigenvalue weighted by atomic mass is 16.5. The van der Waals surface area contributed by atoms with Gasteiger partial charge in [-0.05, 0) is 50.5 Å². The van der Waals surface area contributed by atoms with Gasteiger partial charge in [0, 0.05) is 25.6 Å². The van der Waals surface area contributed by atoms with Gasteiger partial charge in [-0.25, -0.2) is 0 Å². The third-order valence-electron chi connectivity index (χ3n) is 5.66. The molecule has 3 rings (SSSR count). The Labute approximate surface area is 189 Å². The van der Waals surface area contributed by atoms with Crippen molar-refractivity contribution in [3.05, 3.63) is 53.6 Å². The molecule has 2 aromatic rings. The minimum Gasteiger partial charge on any atom is -0.496 e. The van der Waals surface area contributed by atoms with Gasteiger partial charge in [0.2, 0.25) is 5.91 Å². The summed E-state index contributed by atoms with van der Waals surface area (Å²) >= 11 is 0. The molecule has 1 heterocycles. The predicted octanol–water partition coefficient (Wildman–Crippen LogP) is 3.59. The number of aryl methyl sites for hydroxylation is 1. The van der Waals surface area contributed by atoms with Crippen LogP contribution in [0.4, 0.5) is 0 Å². The number of rotatable bonds is 9. The summed E-state index contributed by atoms with van der Waals surface area (Å²) in [6, 6.07) is 13.2. The molecular weight excluding hydrogens is 408 g/mol. The summed E-state index contributed by atoms with van der Waals surface area (Å²) in [5.74, 6) is 1.68. The fourth-order valence-electron chi connectivity index (χ4n) is 3.81. The minimum absolute atomic E-state index is 0.00559. The quantitative estimate of drug-likeness (QED) is 0.603. The maximum atomic E-state index is 12.8. The van der Waals surface area contributed by atoms with Crippen LogP contribution >= 0.6 is 0 Å². The third kappa shape index (κ3) is 6.15. The lowest BCUT2D eigenvalue weighted by Crippen LogP contribution is -2.46. The number of carbonyl (C=O) groups excluding carboxylic acids is 2. The van der Waals surface area contributed by atoms with Crippen LogP contribution in [0, 0.1) is 6.92 Å². The highest BCUT2D eigenvalue weighted by Gasteiger charge is 2.26. The van der Waals surface area contributed by atoms with Crippen molar-refractivity contribution in [2.24, 2.45) is 0 Å². The fourth-order valence-corrected chi connectivity index (χ4v) is 3.81. The molecule has 7 heteroatoms. The Morgan fingerprint density at radius 2 is 1.62 bits per heavy atom. The zero-order valence-corrected chi connectivity index (χ0v) is 19.1. The van der Waals surface area contributed by atoms with Crippen LogP contribution in [0.2, 0.25) is 0 Å². The molecule has 0 spiro atoms. The van der Waals surface area contributed by atoms with Gasteiger partial charge in [-0.3, -0.25) is 9.59 Å². The van der Waals surface area contributed by atoms with E-state index >= 15 is 0 Å². The molecule has 0 saturated carbocycles. The topological polar surface area (TPSA) is 77.1 Å². The lowest BCUT2D eigenvalue weighted by Gasteiger charge is -2.32. The molecule has 0 bridgehead atoms. The second kappa shape index (κ2) is 11.4. The summed E-state index contributed by atoms with van der Waals surface area (Å²) in [7, 11) is 3.06. The van der Waals surface area contributed by atoms with Crippen molar-refractivity contribution in [3.63, 3.8) is 0 Å². The first kappa shape index (κ1) is 23.4. The molecule has 0 radical (unpaired) electrons. The number of nitrogens with zero attached hydrogens (tertiary/aromatic N) is 1. The molecule has 1 fully saturated rings. The van der Waals surface area contributed by atoms with E-state index in [0.717, 1.165) is 18.6 Å². The molecule has 32 heavy (non-hydrogen) atoms. The number of methoxy groups -OCH3 is 2. The zero-order valence-electron chi connectivity index (χ0n) is 19.1. The standard InChI is InChI=1S/C25H32N2O5/c1-18-9-11-20(12-10-18)32-17-5-8-23(28)27-15-13-19(14-16-27)26-25(29)24-21(30-2)6-4-7-22(24)31-3/h4,6-7,9-12,19H,5,8,13-17H2,1-3H3,(H,26,29). The number of hydrogen-bond acceptors (Lipinski definition) is 5. The largest absolute Gasteiger partial charge is 0.496 e. The van der Waals surface area contributed by atoms with Gasteiger partial charge in [-0.15, -0.1) is 0 Å². The Balaban J connectivity index is 1.41. The average molecular weight is 441 g/mol. The summed E-state index contributed by atoms with van der Waals surface area (Å²) < 4.78 is 16.3. The minimum atomic E-state index is -0.225. The number of benzene rings is 2. The maximum Gasteiger partial charge on any atom is 0.259 e.